The summed E-state index contributed by atoms with van der Waals surface area (Å²) in [5, 5.41) is 6.33. The summed E-state index contributed by atoms with van der Waals surface area (Å²) < 4.78 is 0. The molecule has 0 radical (unpaired) electrons. The molecule has 1 saturated heterocycles. The standard InChI is InChI=1S/C13H18N2O/c1-14-12-4-2-10(3-5-12)13(16)11-6-8-15-9-7-11/h2-5,11,14-15H,6-9H2,1H3. The molecule has 0 saturated carbocycles. The number of hydrogen-bond donors (Lipinski definition) is 2. The average molecular weight is 218 g/mol. The first kappa shape index (κ1) is 11.1. The van der Waals surface area contributed by atoms with Crippen molar-refractivity contribution in [2.45, 2.75) is 12.8 Å². The van der Waals surface area contributed by atoms with Crippen LogP contribution in [0.3, 0.4) is 0 Å². The highest BCUT2D eigenvalue weighted by atomic mass is 16.1. The summed E-state index contributed by atoms with van der Waals surface area (Å²) in [4.78, 5) is 12.2. The average Bonchev–Trinajstić information content (AvgIpc) is 2.39. The molecule has 0 aromatic heterocycles. The van der Waals surface area contributed by atoms with Crippen LogP contribution in [0.2, 0.25) is 0 Å². The van der Waals surface area contributed by atoms with Gasteiger partial charge in [-0.1, -0.05) is 0 Å². The molecule has 0 spiro atoms. The van der Waals surface area contributed by atoms with Crippen molar-refractivity contribution in [3.63, 3.8) is 0 Å². The Morgan fingerprint density at radius 3 is 2.44 bits per heavy atom. The van der Waals surface area contributed by atoms with E-state index in [-0.39, 0.29) is 5.92 Å². The number of nitrogens with one attached hydrogen (secondary N) is 2. The lowest BCUT2D eigenvalue weighted by Gasteiger charge is -2.21. The first-order valence-electron chi connectivity index (χ1n) is 5.84. The lowest BCUT2D eigenvalue weighted by molar-refractivity contribution is 0.0895. The molecular weight excluding hydrogens is 200 g/mol. The molecule has 1 heterocycles. The second-order valence-electron chi connectivity index (χ2n) is 4.22. The van der Waals surface area contributed by atoms with Gasteiger partial charge in [0.1, 0.15) is 0 Å². The molecule has 1 aliphatic rings. The Morgan fingerprint density at radius 1 is 1.25 bits per heavy atom. The zero-order valence-electron chi connectivity index (χ0n) is 9.62. The topological polar surface area (TPSA) is 41.1 Å². The largest absolute Gasteiger partial charge is 0.388 e. The van der Waals surface area contributed by atoms with Crippen molar-refractivity contribution in [2.75, 3.05) is 25.5 Å². The second-order valence-corrected chi connectivity index (χ2v) is 4.22. The minimum Gasteiger partial charge on any atom is -0.388 e. The van der Waals surface area contributed by atoms with Gasteiger partial charge in [0.25, 0.3) is 0 Å². The van der Waals surface area contributed by atoms with E-state index in [1.165, 1.54) is 0 Å². The molecule has 0 atom stereocenters. The molecule has 0 unspecified atom stereocenters. The van der Waals surface area contributed by atoms with Crippen molar-refractivity contribution in [1.29, 1.82) is 0 Å². The molecule has 0 amide bonds. The van der Waals surface area contributed by atoms with Crippen molar-refractivity contribution >= 4 is 11.5 Å². The highest BCUT2D eigenvalue weighted by molar-refractivity contribution is 5.98. The monoisotopic (exact) mass is 218 g/mol. The molecular formula is C13H18N2O. The van der Waals surface area contributed by atoms with Crippen LogP contribution in [0.15, 0.2) is 24.3 Å². The van der Waals surface area contributed by atoms with Crippen LogP contribution in [0, 0.1) is 5.92 Å². The van der Waals surface area contributed by atoms with Gasteiger partial charge < -0.3 is 10.6 Å². The number of rotatable bonds is 3. The van der Waals surface area contributed by atoms with Crippen LogP contribution >= 0.6 is 0 Å². The zero-order valence-corrected chi connectivity index (χ0v) is 9.62. The van der Waals surface area contributed by atoms with Crippen molar-refractivity contribution in [1.82, 2.24) is 5.32 Å². The molecule has 2 rings (SSSR count). The van der Waals surface area contributed by atoms with Crippen molar-refractivity contribution in [2.24, 2.45) is 5.92 Å². The van der Waals surface area contributed by atoms with Crippen LogP contribution < -0.4 is 10.6 Å². The summed E-state index contributed by atoms with van der Waals surface area (Å²) in [5.41, 5.74) is 1.88. The maximum atomic E-state index is 12.2. The van der Waals surface area contributed by atoms with Gasteiger partial charge in [0.05, 0.1) is 0 Å². The fourth-order valence-electron chi connectivity index (χ4n) is 2.12. The third kappa shape index (κ3) is 2.42. The van der Waals surface area contributed by atoms with Gasteiger partial charge in [0.15, 0.2) is 5.78 Å². The van der Waals surface area contributed by atoms with Crippen LogP contribution in [0.25, 0.3) is 0 Å². The van der Waals surface area contributed by atoms with Gasteiger partial charge in [-0.3, -0.25) is 4.79 Å². The summed E-state index contributed by atoms with van der Waals surface area (Å²) >= 11 is 0. The predicted molar refractivity (Wildman–Crippen MR) is 65.9 cm³/mol. The summed E-state index contributed by atoms with van der Waals surface area (Å²) in [6.45, 7) is 1.93. The Morgan fingerprint density at radius 2 is 1.88 bits per heavy atom. The van der Waals surface area contributed by atoms with Gasteiger partial charge in [-0.2, -0.15) is 0 Å². The third-order valence-corrected chi connectivity index (χ3v) is 3.17. The van der Waals surface area contributed by atoms with E-state index in [2.05, 4.69) is 10.6 Å². The summed E-state index contributed by atoms with van der Waals surface area (Å²) in [6, 6.07) is 7.73. The minimum atomic E-state index is 0.210. The first-order chi connectivity index (χ1) is 7.81. The Bertz CT molecular complexity index is 353. The number of hydrogen-bond acceptors (Lipinski definition) is 3. The highest BCUT2D eigenvalue weighted by Gasteiger charge is 2.21. The summed E-state index contributed by atoms with van der Waals surface area (Å²) in [6.07, 6.45) is 1.93. The highest BCUT2D eigenvalue weighted by Crippen LogP contribution is 2.19. The maximum absolute atomic E-state index is 12.2. The van der Waals surface area contributed by atoms with Crippen LogP contribution in [-0.4, -0.2) is 25.9 Å². The summed E-state index contributed by atoms with van der Waals surface area (Å²) in [7, 11) is 1.88. The summed E-state index contributed by atoms with van der Waals surface area (Å²) in [5.74, 6) is 0.505. The van der Waals surface area contributed by atoms with Crippen LogP contribution in [0.5, 0.6) is 0 Å². The SMILES string of the molecule is CNc1ccc(C(=O)C2CCNCC2)cc1. The molecule has 0 bridgehead atoms. The fraction of sp³-hybridized carbons (Fsp3) is 0.462. The Labute approximate surface area is 96.2 Å². The molecule has 16 heavy (non-hydrogen) atoms. The molecule has 1 aromatic rings. The number of carbonyl (C=O) groups is 1. The molecule has 1 fully saturated rings. The second kappa shape index (κ2) is 5.12. The van der Waals surface area contributed by atoms with Gasteiger partial charge in [-0.15, -0.1) is 0 Å². The number of Topliss-reactive ketones (excluding diaryl/α,β-unsaturated/α-hetero) is 1. The minimum absolute atomic E-state index is 0.210. The lowest BCUT2D eigenvalue weighted by atomic mass is 9.89. The smallest absolute Gasteiger partial charge is 0.166 e. The van der Waals surface area contributed by atoms with E-state index in [0.29, 0.717) is 5.78 Å². The van der Waals surface area contributed by atoms with E-state index in [4.69, 9.17) is 0 Å². The van der Waals surface area contributed by atoms with Gasteiger partial charge >= 0.3 is 0 Å². The lowest BCUT2D eigenvalue weighted by Crippen LogP contribution is -2.31. The van der Waals surface area contributed by atoms with E-state index < -0.39 is 0 Å². The van der Waals surface area contributed by atoms with Crippen LogP contribution in [-0.2, 0) is 0 Å². The molecule has 3 nitrogen and oxygen atoms in total. The maximum Gasteiger partial charge on any atom is 0.166 e. The van der Waals surface area contributed by atoms with E-state index in [9.17, 15) is 4.79 Å². The van der Waals surface area contributed by atoms with Crippen molar-refractivity contribution in [3.05, 3.63) is 29.8 Å². The van der Waals surface area contributed by atoms with Crippen LogP contribution in [0.1, 0.15) is 23.2 Å². The fourth-order valence-corrected chi connectivity index (χ4v) is 2.12. The van der Waals surface area contributed by atoms with Crippen molar-refractivity contribution < 1.29 is 4.79 Å². The zero-order chi connectivity index (χ0) is 11.4. The van der Waals surface area contributed by atoms with Gasteiger partial charge in [-0.25, -0.2) is 0 Å². The first-order valence-corrected chi connectivity index (χ1v) is 5.84. The van der Waals surface area contributed by atoms with Gasteiger partial charge in [0.2, 0.25) is 0 Å². The van der Waals surface area contributed by atoms with E-state index >= 15 is 0 Å². The molecule has 1 aromatic carbocycles. The molecule has 2 N–H and O–H groups in total. The molecule has 3 heteroatoms. The third-order valence-electron chi connectivity index (χ3n) is 3.17. The molecule has 86 valence electrons. The van der Waals surface area contributed by atoms with Gasteiger partial charge in [0, 0.05) is 24.2 Å². The van der Waals surface area contributed by atoms with E-state index in [1.807, 2.05) is 31.3 Å². The van der Waals surface area contributed by atoms with Crippen molar-refractivity contribution in [3.8, 4) is 0 Å². The number of benzene rings is 1. The normalized spacial score (nSPS) is 17.1. The van der Waals surface area contributed by atoms with Gasteiger partial charge in [-0.05, 0) is 50.2 Å². The van der Waals surface area contributed by atoms with Crippen LogP contribution in [0.4, 0.5) is 5.69 Å². The molecule has 1 aliphatic heterocycles. The Kier molecular flexibility index (Phi) is 3.57. The number of piperidine rings is 1. The van der Waals surface area contributed by atoms with E-state index in [0.717, 1.165) is 37.2 Å². The van der Waals surface area contributed by atoms with E-state index in [1.54, 1.807) is 0 Å². The Hall–Kier alpha value is -1.35. The number of anilines is 1. The quantitative estimate of drug-likeness (QED) is 0.761. The predicted octanol–water partition coefficient (Wildman–Crippen LogP) is 1.91. The number of carbonyl (C=O) groups excluding carboxylic acids is 1. The molecule has 0 aliphatic carbocycles. The Balaban J connectivity index is 2.07. The number of ketones is 1.